The second kappa shape index (κ2) is 5.63. The first-order valence-electron chi connectivity index (χ1n) is 5.97. The molecule has 0 aromatic heterocycles. The second-order valence-corrected chi connectivity index (χ2v) is 5.57. The molecule has 1 aromatic rings. The maximum Gasteiger partial charge on any atom is 0.0992 e. The number of benzene rings is 1. The first kappa shape index (κ1) is 14.2. The van der Waals surface area contributed by atoms with E-state index < -0.39 is 5.60 Å². The molecule has 96 valence electrons. The molecule has 3 nitrogen and oxygen atoms in total. The first-order chi connectivity index (χ1) is 7.87. The van der Waals surface area contributed by atoms with Gasteiger partial charge in [-0.3, -0.25) is 0 Å². The van der Waals surface area contributed by atoms with Crippen molar-refractivity contribution in [3.8, 4) is 0 Å². The molecule has 1 aromatic carbocycles. The van der Waals surface area contributed by atoms with Gasteiger partial charge >= 0.3 is 0 Å². The average molecular weight is 237 g/mol. The van der Waals surface area contributed by atoms with Crippen molar-refractivity contribution >= 4 is 0 Å². The van der Waals surface area contributed by atoms with Gasteiger partial charge in [0.05, 0.1) is 5.60 Å². The molecular weight excluding hydrogens is 214 g/mol. The Labute approximate surface area is 103 Å². The van der Waals surface area contributed by atoms with Gasteiger partial charge in [0.25, 0.3) is 0 Å². The molecule has 1 rings (SSSR count). The molecule has 17 heavy (non-hydrogen) atoms. The molecule has 3 heteroatoms. The molecule has 0 bridgehead atoms. The summed E-state index contributed by atoms with van der Waals surface area (Å²) in [7, 11) is 0. The fraction of sp³-hybridized carbons (Fsp3) is 0.571. The zero-order valence-corrected chi connectivity index (χ0v) is 10.9. The second-order valence-electron chi connectivity index (χ2n) is 5.57. The fourth-order valence-corrected chi connectivity index (χ4v) is 1.60. The van der Waals surface area contributed by atoms with E-state index in [0.29, 0.717) is 13.1 Å². The van der Waals surface area contributed by atoms with Crippen LogP contribution in [0.4, 0.5) is 0 Å². The van der Waals surface area contributed by atoms with Gasteiger partial charge in [0, 0.05) is 25.1 Å². The molecule has 0 aliphatic heterocycles. The molecule has 0 fully saturated rings. The summed E-state index contributed by atoms with van der Waals surface area (Å²) in [6.07, 6.45) is 0. The molecule has 0 radical (unpaired) electrons. The van der Waals surface area contributed by atoms with Crippen LogP contribution in [0.2, 0.25) is 0 Å². The van der Waals surface area contributed by atoms with Crippen LogP contribution in [0.1, 0.15) is 26.3 Å². The zero-order valence-electron chi connectivity index (χ0n) is 10.9. The van der Waals surface area contributed by atoms with E-state index in [9.17, 15) is 5.11 Å². The van der Waals surface area contributed by atoms with Crippen molar-refractivity contribution in [2.45, 2.75) is 26.4 Å². The molecule has 0 aliphatic rings. The molecular formula is C14H23NO2. The molecule has 0 spiro atoms. The average Bonchev–Trinajstić information content (AvgIpc) is 2.30. The quantitative estimate of drug-likeness (QED) is 0.703. The molecule has 3 N–H and O–H groups in total. The summed E-state index contributed by atoms with van der Waals surface area (Å²) < 4.78 is 0. The van der Waals surface area contributed by atoms with Crippen LogP contribution in [0.5, 0.6) is 0 Å². The van der Waals surface area contributed by atoms with Gasteiger partial charge in [-0.25, -0.2) is 0 Å². The monoisotopic (exact) mass is 237 g/mol. The summed E-state index contributed by atoms with van der Waals surface area (Å²) in [6.45, 7) is 7.04. The lowest BCUT2D eigenvalue weighted by molar-refractivity contribution is 0.0515. The number of hydrogen-bond donors (Lipinski definition) is 3. The van der Waals surface area contributed by atoms with Gasteiger partial charge in [0.1, 0.15) is 0 Å². The number of rotatable bonds is 6. The number of aliphatic hydroxyl groups is 2. The molecule has 0 aliphatic carbocycles. The van der Waals surface area contributed by atoms with E-state index >= 15 is 0 Å². The summed E-state index contributed by atoms with van der Waals surface area (Å²) >= 11 is 0. The maximum atomic E-state index is 10.3. The standard InChI is InChI=1S/C14H23NO2/c1-13(2,11-16)9-15-10-14(3,17)12-7-5-4-6-8-12/h4-8,15-17H,9-11H2,1-3H3. The van der Waals surface area contributed by atoms with Crippen molar-refractivity contribution in [1.29, 1.82) is 0 Å². The van der Waals surface area contributed by atoms with Crippen molar-refractivity contribution in [3.63, 3.8) is 0 Å². The van der Waals surface area contributed by atoms with Crippen molar-refractivity contribution < 1.29 is 10.2 Å². The largest absolute Gasteiger partial charge is 0.396 e. The van der Waals surface area contributed by atoms with Gasteiger partial charge in [0.15, 0.2) is 0 Å². The number of hydrogen-bond acceptors (Lipinski definition) is 3. The number of aliphatic hydroxyl groups excluding tert-OH is 1. The third-order valence-corrected chi connectivity index (χ3v) is 2.90. The molecule has 0 saturated carbocycles. The van der Waals surface area contributed by atoms with E-state index in [4.69, 9.17) is 5.11 Å². The van der Waals surface area contributed by atoms with Crippen LogP contribution in [0.25, 0.3) is 0 Å². The van der Waals surface area contributed by atoms with Crippen molar-refractivity contribution in [3.05, 3.63) is 35.9 Å². The van der Waals surface area contributed by atoms with Gasteiger partial charge in [-0.05, 0) is 12.5 Å². The van der Waals surface area contributed by atoms with E-state index in [2.05, 4.69) is 5.32 Å². The third kappa shape index (κ3) is 4.46. The van der Waals surface area contributed by atoms with Gasteiger partial charge in [0.2, 0.25) is 0 Å². The summed E-state index contributed by atoms with van der Waals surface area (Å²) in [5.74, 6) is 0. The molecule has 0 saturated heterocycles. The Morgan fingerprint density at radius 2 is 1.65 bits per heavy atom. The van der Waals surface area contributed by atoms with Crippen LogP contribution in [-0.2, 0) is 5.60 Å². The predicted molar refractivity (Wildman–Crippen MR) is 69.7 cm³/mol. The fourth-order valence-electron chi connectivity index (χ4n) is 1.60. The third-order valence-electron chi connectivity index (χ3n) is 2.90. The van der Waals surface area contributed by atoms with Crippen LogP contribution in [0, 0.1) is 5.41 Å². The van der Waals surface area contributed by atoms with Crippen LogP contribution in [0.3, 0.4) is 0 Å². The molecule has 0 heterocycles. The molecule has 1 unspecified atom stereocenters. The van der Waals surface area contributed by atoms with Gasteiger partial charge in [-0.15, -0.1) is 0 Å². The van der Waals surface area contributed by atoms with E-state index in [1.807, 2.05) is 44.2 Å². The highest BCUT2D eigenvalue weighted by molar-refractivity contribution is 5.21. The maximum absolute atomic E-state index is 10.3. The Kier molecular flexibility index (Phi) is 4.69. The topological polar surface area (TPSA) is 52.5 Å². The SMILES string of the molecule is CC(C)(CO)CNCC(C)(O)c1ccccc1. The normalized spacial score (nSPS) is 15.6. The highest BCUT2D eigenvalue weighted by Crippen LogP contribution is 2.19. The summed E-state index contributed by atoms with van der Waals surface area (Å²) in [6, 6.07) is 9.60. The minimum atomic E-state index is -0.882. The van der Waals surface area contributed by atoms with Crippen molar-refractivity contribution in [2.75, 3.05) is 19.7 Å². The minimum Gasteiger partial charge on any atom is -0.396 e. The Balaban J connectivity index is 2.51. The highest BCUT2D eigenvalue weighted by Gasteiger charge is 2.24. The van der Waals surface area contributed by atoms with Gasteiger partial charge in [-0.2, -0.15) is 0 Å². The van der Waals surface area contributed by atoms with Crippen LogP contribution in [0.15, 0.2) is 30.3 Å². The lowest BCUT2D eigenvalue weighted by Gasteiger charge is -2.28. The lowest BCUT2D eigenvalue weighted by Crippen LogP contribution is -2.40. The molecule has 0 amide bonds. The Hall–Kier alpha value is -0.900. The zero-order chi connectivity index (χ0) is 12.9. The van der Waals surface area contributed by atoms with E-state index in [0.717, 1.165) is 5.56 Å². The summed E-state index contributed by atoms with van der Waals surface area (Å²) in [5, 5.41) is 22.7. The summed E-state index contributed by atoms with van der Waals surface area (Å²) in [4.78, 5) is 0. The van der Waals surface area contributed by atoms with E-state index in [1.54, 1.807) is 6.92 Å². The van der Waals surface area contributed by atoms with E-state index in [1.165, 1.54) is 0 Å². The van der Waals surface area contributed by atoms with Crippen LogP contribution >= 0.6 is 0 Å². The Bertz CT molecular complexity index is 333. The summed E-state index contributed by atoms with van der Waals surface area (Å²) in [5.41, 5.74) is -0.145. The smallest absolute Gasteiger partial charge is 0.0992 e. The Morgan fingerprint density at radius 1 is 1.06 bits per heavy atom. The van der Waals surface area contributed by atoms with Gasteiger partial charge in [-0.1, -0.05) is 44.2 Å². The van der Waals surface area contributed by atoms with Crippen LogP contribution in [-0.4, -0.2) is 29.9 Å². The lowest BCUT2D eigenvalue weighted by atomic mass is 9.93. The van der Waals surface area contributed by atoms with E-state index in [-0.39, 0.29) is 12.0 Å². The Morgan fingerprint density at radius 3 is 2.18 bits per heavy atom. The number of nitrogens with one attached hydrogen (secondary N) is 1. The van der Waals surface area contributed by atoms with Crippen molar-refractivity contribution in [1.82, 2.24) is 5.32 Å². The van der Waals surface area contributed by atoms with Crippen molar-refractivity contribution in [2.24, 2.45) is 5.41 Å². The van der Waals surface area contributed by atoms with Crippen LogP contribution < -0.4 is 5.32 Å². The minimum absolute atomic E-state index is 0.132. The first-order valence-corrected chi connectivity index (χ1v) is 5.97. The predicted octanol–water partition coefficient (Wildman–Crippen LogP) is 1.50. The van der Waals surface area contributed by atoms with Gasteiger partial charge < -0.3 is 15.5 Å². The highest BCUT2D eigenvalue weighted by atomic mass is 16.3. The molecule has 1 atom stereocenters.